The van der Waals surface area contributed by atoms with Crippen LogP contribution in [0.25, 0.3) is 0 Å². The Morgan fingerprint density at radius 3 is 2.36 bits per heavy atom. The monoisotopic (exact) mass is 358 g/mol. The fraction of sp³-hybridized carbons (Fsp3) is 0.316. The van der Waals surface area contributed by atoms with E-state index >= 15 is 0 Å². The molecule has 0 bridgehead atoms. The fourth-order valence-electron chi connectivity index (χ4n) is 2.28. The first-order valence-corrected chi connectivity index (χ1v) is 9.18. The summed E-state index contributed by atoms with van der Waals surface area (Å²) >= 11 is 1.37. The van der Waals surface area contributed by atoms with E-state index in [0.717, 1.165) is 29.8 Å². The standard InChI is InChI=1S/C19H22N2O3S/c1-3-4-5-15-6-8-16(9-7-15)20-19(22)14(2)25-18-12-10-17(11-13-18)21(23)24/h6-14H,3-5H2,1-2H3,(H,20,22)/t14-/m1/s1. The third kappa shape index (κ3) is 5.90. The minimum absolute atomic E-state index is 0.0459. The lowest BCUT2D eigenvalue weighted by atomic mass is 10.1. The summed E-state index contributed by atoms with van der Waals surface area (Å²) < 4.78 is 0. The van der Waals surface area contributed by atoms with E-state index in [4.69, 9.17) is 0 Å². The number of thioether (sulfide) groups is 1. The number of nitrogens with one attached hydrogen (secondary N) is 1. The topological polar surface area (TPSA) is 72.2 Å². The Morgan fingerprint density at radius 1 is 1.16 bits per heavy atom. The molecule has 0 saturated heterocycles. The van der Waals surface area contributed by atoms with Crippen LogP contribution in [-0.4, -0.2) is 16.1 Å². The van der Waals surface area contributed by atoms with Gasteiger partial charge in [-0.1, -0.05) is 25.5 Å². The maximum atomic E-state index is 12.3. The van der Waals surface area contributed by atoms with Gasteiger partial charge in [0.15, 0.2) is 0 Å². The number of rotatable bonds is 8. The van der Waals surface area contributed by atoms with Crippen molar-refractivity contribution in [3.05, 3.63) is 64.2 Å². The highest BCUT2D eigenvalue weighted by atomic mass is 32.2. The molecule has 0 aliphatic carbocycles. The van der Waals surface area contributed by atoms with Crippen molar-refractivity contribution in [1.82, 2.24) is 0 Å². The van der Waals surface area contributed by atoms with Crippen molar-refractivity contribution in [2.24, 2.45) is 0 Å². The quantitative estimate of drug-likeness (QED) is 0.407. The number of benzene rings is 2. The summed E-state index contributed by atoms with van der Waals surface area (Å²) in [6.07, 6.45) is 3.38. The van der Waals surface area contributed by atoms with Crippen LogP contribution in [0.2, 0.25) is 0 Å². The van der Waals surface area contributed by atoms with Gasteiger partial charge in [-0.25, -0.2) is 0 Å². The van der Waals surface area contributed by atoms with Gasteiger partial charge in [-0.15, -0.1) is 11.8 Å². The molecule has 0 radical (unpaired) electrons. The van der Waals surface area contributed by atoms with Gasteiger partial charge in [-0.2, -0.15) is 0 Å². The molecule has 2 aromatic carbocycles. The number of carbonyl (C=O) groups excluding carboxylic acids is 1. The zero-order valence-corrected chi connectivity index (χ0v) is 15.2. The van der Waals surface area contributed by atoms with Crippen molar-refractivity contribution in [3.8, 4) is 0 Å². The van der Waals surface area contributed by atoms with E-state index in [2.05, 4.69) is 12.2 Å². The van der Waals surface area contributed by atoms with Gasteiger partial charge in [0.05, 0.1) is 10.2 Å². The number of nitrogens with zero attached hydrogens (tertiary/aromatic N) is 1. The molecule has 0 aliphatic heterocycles. The van der Waals surface area contributed by atoms with Crippen molar-refractivity contribution >= 4 is 29.0 Å². The Kier molecular flexibility index (Phi) is 7.01. The van der Waals surface area contributed by atoms with Crippen molar-refractivity contribution in [2.45, 2.75) is 43.3 Å². The van der Waals surface area contributed by atoms with Gasteiger partial charge in [0, 0.05) is 22.7 Å². The van der Waals surface area contributed by atoms with Crippen LogP contribution in [0.1, 0.15) is 32.3 Å². The minimum atomic E-state index is -0.436. The molecule has 0 fully saturated rings. The number of nitro groups is 1. The predicted octanol–water partition coefficient (Wildman–Crippen LogP) is 5.06. The molecule has 5 nitrogen and oxygen atoms in total. The maximum Gasteiger partial charge on any atom is 0.269 e. The van der Waals surface area contributed by atoms with Crippen LogP contribution in [-0.2, 0) is 11.2 Å². The average molecular weight is 358 g/mol. The number of anilines is 1. The van der Waals surface area contributed by atoms with Crippen LogP contribution in [0, 0.1) is 10.1 Å². The molecular weight excluding hydrogens is 336 g/mol. The lowest BCUT2D eigenvalue weighted by Gasteiger charge is -2.12. The van der Waals surface area contributed by atoms with Crippen LogP contribution < -0.4 is 5.32 Å². The summed E-state index contributed by atoms with van der Waals surface area (Å²) in [5.41, 5.74) is 2.10. The fourth-order valence-corrected chi connectivity index (χ4v) is 3.15. The Hall–Kier alpha value is -2.34. The molecule has 1 atom stereocenters. The largest absolute Gasteiger partial charge is 0.325 e. The predicted molar refractivity (Wildman–Crippen MR) is 102 cm³/mol. The summed E-state index contributed by atoms with van der Waals surface area (Å²) in [7, 11) is 0. The molecule has 2 rings (SSSR count). The van der Waals surface area contributed by atoms with Crippen molar-refractivity contribution in [3.63, 3.8) is 0 Å². The Labute approximate surface area is 152 Å². The summed E-state index contributed by atoms with van der Waals surface area (Å²) in [5, 5.41) is 13.3. The van der Waals surface area contributed by atoms with Crippen molar-refractivity contribution < 1.29 is 9.72 Å². The molecule has 6 heteroatoms. The minimum Gasteiger partial charge on any atom is -0.325 e. The van der Waals surface area contributed by atoms with E-state index in [-0.39, 0.29) is 16.8 Å². The average Bonchev–Trinajstić information content (AvgIpc) is 2.61. The number of non-ortho nitro benzene ring substituents is 1. The van der Waals surface area contributed by atoms with Gasteiger partial charge in [0.25, 0.3) is 5.69 Å². The molecule has 0 aromatic heterocycles. The first-order chi connectivity index (χ1) is 12.0. The molecule has 1 N–H and O–H groups in total. The molecule has 0 unspecified atom stereocenters. The highest BCUT2D eigenvalue weighted by Crippen LogP contribution is 2.26. The zero-order chi connectivity index (χ0) is 18.2. The number of carbonyl (C=O) groups is 1. The highest BCUT2D eigenvalue weighted by Gasteiger charge is 2.15. The smallest absolute Gasteiger partial charge is 0.269 e. The van der Waals surface area contributed by atoms with Crippen LogP contribution in [0.3, 0.4) is 0 Å². The van der Waals surface area contributed by atoms with E-state index in [1.54, 1.807) is 12.1 Å². The molecular formula is C19H22N2O3S. The van der Waals surface area contributed by atoms with Crippen LogP contribution in [0.5, 0.6) is 0 Å². The van der Waals surface area contributed by atoms with E-state index in [0.29, 0.717) is 0 Å². The third-order valence-corrected chi connectivity index (χ3v) is 4.88. The second-order valence-corrected chi connectivity index (χ2v) is 7.22. The Bertz CT molecular complexity index is 714. The molecule has 25 heavy (non-hydrogen) atoms. The maximum absolute atomic E-state index is 12.3. The summed E-state index contributed by atoms with van der Waals surface area (Å²) in [5.74, 6) is -0.0929. The lowest BCUT2D eigenvalue weighted by Crippen LogP contribution is -2.22. The van der Waals surface area contributed by atoms with Crippen molar-refractivity contribution in [1.29, 1.82) is 0 Å². The molecule has 132 valence electrons. The normalized spacial score (nSPS) is 11.8. The highest BCUT2D eigenvalue weighted by molar-refractivity contribution is 8.00. The summed E-state index contributed by atoms with van der Waals surface area (Å²) in [4.78, 5) is 23.4. The molecule has 0 heterocycles. The summed E-state index contributed by atoms with van der Waals surface area (Å²) in [6, 6.07) is 14.1. The zero-order valence-electron chi connectivity index (χ0n) is 14.4. The Balaban J connectivity index is 1.90. The Morgan fingerprint density at radius 2 is 1.80 bits per heavy atom. The summed E-state index contributed by atoms with van der Waals surface area (Å²) in [6.45, 7) is 3.98. The molecule has 2 aromatic rings. The second-order valence-electron chi connectivity index (χ2n) is 5.80. The number of aryl methyl sites for hydroxylation is 1. The lowest BCUT2D eigenvalue weighted by molar-refractivity contribution is -0.384. The van der Waals surface area contributed by atoms with E-state index in [1.807, 2.05) is 31.2 Å². The van der Waals surface area contributed by atoms with Gasteiger partial charge >= 0.3 is 0 Å². The molecule has 0 saturated carbocycles. The van der Waals surface area contributed by atoms with Gasteiger partial charge in [0.1, 0.15) is 0 Å². The SMILES string of the molecule is CCCCc1ccc(NC(=O)[C@@H](C)Sc2ccc([N+](=O)[O-])cc2)cc1. The van der Waals surface area contributed by atoms with Gasteiger partial charge in [0.2, 0.25) is 5.91 Å². The molecule has 0 aliphatic rings. The third-order valence-electron chi connectivity index (χ3n) is 3.77. The van der Waals surface area contributed by atoms with Gasteiger partial charge in [-0.05, 0) is 49.6 Å². The number of hydrogen-bond donors (Lipinski definition) is 1. The number of unbranched alkanes of at least 4 members (excludes halogenated alkanes) is 1. The second kappa shape index (κ2) is 9.22. The van der Waals surface area contributed by atoms with Gasteiger partial charge < -0.3 is 5.32 Å². The van der Waals surface area contributed by atoms with Gasteiger partial charge in [-0.3, -0.25) is 14.9 Å². The number of hydrogen-bond acceptors (Lipinski definition) is 4. The van der Waals surface area contributed by atoms with E-state index in [9.17, 15) is 14.9 Å². The van der Waals surface area contributed by atoms with Crippen LogP contribution in [0.15, 0.2) is 53.4 Å². The first kappa shape index (κ1) is 19.0. The van der Waals surface area contributed by atoms with E-state index < -0.39 is 4.92 Å². The number of amides is 1. The first-order valence-electron chi connectivity index (χ1n) is 8.30. The molecule has 0 spiro atoms. The van der Waals surface area contributed by atoms with Crippen LogP contribution >= 0.6 is 11.8 Å². The van der Waals surface area contributed by atoms with E-state index in [1.165, 1.54) is 29.5 Å². The van der Waals surface area contributed by atoms with Crippen molar-refractivity contribution in [2.75, 3.05) is 5.32 Å². The van der Waals surface area contributed by atoms with Crippen LogP contribution in [0.4, 0.5) is 11.4 Å². The molecule has 1 amide bonds. The number of nitro benzene ring substituents is 1.